The van der Waals surface area contributed by atoms with Crippen molar-refractivity contribution in [3.63, 3.8) is 0 Å². The molecule has 0 aliphatic carbocycles. The molecule has 0 atom stereocenters. The van der Waals surface area contributed by atoms with E-state index in [0.717, 1.165) is 10.5 Å². The minimum atomic E-state index is 0.559. The number of aryl methyl sites for hydroxylation is 1. The van der Waals surface area contributed by atoms with Gasteiger partial charge in [0.2, 0.25) is 0 Å². The zero-order valence-corrected chi connectivity index (χ0v) is 6.00. The van der Waals surface area contributed by atoms with Gasteiger partial charge in [-0.15, -0.1) is 12.6 Å². The summed E-state index contributed by atoms with van der Waals surface area (Å²) in [6, 6.07) is 7.44. The molecule has 0 bridgehead atoms. The van der Waals surface area contributed by atoms with Gasteiger partial charge in [0.1, 0.15) is 0 Å². The average Bonchev–Trinajstić information content (AvgIpc) is 1.80. The first-order valence-corrected chi connectivity index (χ1v) is 3.04. The average molecular weight is 137 g/mol. The van der Waals surface area contributed by atoms with Crippen LogP contribution in [0.5, 0.6) is 0 Å². The minimum Gasteiger partial charge on any atom is -0.391 e. The molecule has 0 aliphatic rings. The number of rotatable bonds is 0. The van der Waals surface area contributed by atoms with Gasteiger partial charge in [0, 0.05) is 10.5 Å². The van der Waals surface area contributed by atoms with E-state index in [1.807, 2.05) is 13.0 Å². The lowest BCUT2D eigenvalue weighted by Crippen LogP contribution is -1.84. The number of thiol groups is 1. The highest BCUT2D eigenvalue weighted by molar-refractivity contribution is 7.80. The first-order chi connectivity index (χ1) is 4.20. The van der Waals surface area contributed by atoms with Gasteiger partial charge >= 0.3 is 0 Å². The number of hydrogen-bond acceptors (Lipinski definition) is 2. The fourth-order valence-corrected chi connectivity index (χ4v) is 0.798. The van der Waals surface area contributed by atoms with E-state index in [2.05, 4.69) is 24.8 Å². The van der Waals surface area contributed by atoms with Gasteiger partial charge in [0.05, 0.1) is 5.69 Å². The van der Waals surface area contributed by atoms with Crippen LogP contribution in [0, 0.1) is 19.1 Å². The molecular formula is C7H7NS. The Hall–Kier alpha value is -0.810. The molecule has 46 valence electrons. The summed E-state index contributed by atoms with van der Waals surface area (Å²) in [5, 5.41) is 0. The summed E-state index contributed by atoms with van der Waals surface area (Å²) in [6.45, 7) is 1.93. The summed E-state index contributed by atoms with van der Waals surface area (Å²) in [5.74, 6) is 0. The quantitative estimate of drug-likeness (QED) is 0.520. The molecule has 0 aromatic heterocycles. The third-order valence-corrected chi connectivity index (χ3v) is 1.39. The van der Waals surface area contributed by atoms with E-state index in [1.165, 1.54) is 0 Å². The molecule has 1 aromatic rings. The van der Waals surface area contributed by atoms with E-state index in [9.17, 15) is 0 Å². The second kappa shape index (κ2) is 2.20. The Morgan fingerprint density at radius 1 is 1.56 bits per heavy atom. The van der Waals surface area contributed by atoms with Crippen molar-refractivity contribution in [3.8, 4) is 0 Å². The molecular weight excluding hydrogens is 130 g/mol. The largest absolute Gasteiger partial charge is 0.391 e. The van der Waals surface area contributed by atoms with Crippen LogP contribution in [0.4, 0.5) is 5.69 Å². The van der Waals surface area contributed by atoms with Crippen molar-refractivity contribution in [2.75, 3.05) is 5.73 Å². The van der Waals surface area contributed by atoms with Gasteiger partial charge in [0.15, 0.2) is 0 Å². The Kier molecular flexibility index (Phi) is 1.54. The lowest BCUT2D eigenvalue weighted by molar-refractivity contribution is 1.39. The van der Waals surface area contributed by atoms with Crippen molar-refractivity contribution in [1.29, 1.82) is 0 Å². The van der Waals surface area contributed by atoms with E-state index in [1.54, 1.807) is 0 Å². The highest BCUT2D eigenvalue weighted by atomic mass is 32.1. The number of hydrogen-bond donors (Lipinski definition) is 2. The summed E-state index contributed by atoms with van der Waals surface area (Å²) >= 11 is 4.09. The topological polar surface area (TPSA) is 26.0 Å². The molecule has 9 heavy (non-hydrogen) atoms. The third-order valence-electron chi connectivity index (χ3n) is 1.02. The maximum atomic E-state index is 5.43. The van der Waals surface area contributed by atoms with Gasteiger partial charge in [0.25, 0.3) is 0 Å². The van der Waals surface area contributed by atoms with Crippen LogP contribution >= 0.6 is 12.6 Å². The molecule has 2 N–H and O–H groups in total. The first-order valence-electron chi connectivity index (χ1n) is 2.59. The molecule has 1 aromatic carbocycles. The van der Waals surface area contributed by atoms with Gasteiger partial charge in [-0.2, -0.15) is 0 Å². The highest BCUT2D eigenvalue weighted by Gasteiger charge is 1.89. The standard InChI is InChI=1S/C7H7NS/c1-5-2-3-6(8)7(9)4-5/h4,9H,8H2,1H3. The Labute approximate surface area is 60.3 Å². The predicted molar refractivity (Wildman–Crippen MR) is 40.5 cm³/mol. The van der Waals surface area contributed by atoms with E-state index in [4.69, 9.17) is 5.73 Å². The van der Waals surface area contributed by atoms with Crippen molar-refractivity contribution in [1.82, 2.24) is 0 Å². The lowest BCUT2D eigenvalue weighted by atomic mass is 10.3. The zero-order chi connectivity index (χ0) is 6.85. The van der Waals surface area contributed by atoms with Crippen LogP contribution in [0.2, 0.25) is 0 Å². The molecule has 0 spiro atoms. The second-order valence-electron chi connectivity index (χ2n) is 1.88. The maximum absolute atomic E-state index is 5.43. The maximum Gasteiger partial charge on any atom is 0.0966 e. The normalized spacial score (nSPS) is 8.67. The zero-order valence-electron chi connectivity index (χ0n) is 5.10. The first kappa shape index (κ1) is 6.31. The summed E-state index contributed by atoms with van der Waals surface area (Å²) in [4.78, 5) is 0.770. The lowest BCUT2D eigenvalue weighted by Gasteiger charge is -1.91. The molecule has 1 rings (SSSR count). The van der Waals surface area contributed by atoms with Gasteiger partial charge in [-0.05, 0) is 19.1 Å². The number of nitrogen functional groups attached to an aromatic ring is 1. The Bertz CT molecular complexity index is 220. The van der Waals surface area contributed by atoms with E-state index in [-0.39, 0.29) is 0 Å². The molecule has 0 aliphatic heterocycles. The van der Waals surface area contributed by atoms with Gasteiger partial charge in [-0.3, -0.25) is 0 Å². The van der Waals surface area contributed by atoms with E-state index >= 15 is 0 Å². The summed E-state index contributed by atoms with van der Waals surface area (Å²) in [7, 11) is 0. The van der Waals surface area contributed by atoms with Crippen molar-refractivity contribution < 1.29 is 0 Å². The molecule has 2 heteroatoms. The molecule has 0 radical (unpaired) electrons. The highest BCUT2D eigenvalue weighted by Crippen LogP contribution is 2.12. The second-order valence-corrected chi connectivity index (χ2v) is 2.36. The minimum absolute atomic E-state index is 0.559. The van der Waals surface area contributed by atoms with Gasteiger partial charge < -0.3 is 5.73 Å². The Morgan fingerprint density at radius 3 is 2.67 bits per heavy atom. The Morgan fingerprint density at radius 2 is 2.22 bits per heavy atom. The summed E-state index contributed by atoms with van der Waals surface area (Å²) < 4.78 is 0. The van der Waals surface area contributed by atoms with Crippen LogP contribution in [-0.4, -0.2) is 0 Å². The molecule has 0 fully saturated rings. The monoisotopic (exact) mass is 137 g/mol. The van der Waals surface area contributed by atoms with Crippen LogP contribution in [0.15, 0.2) is 11.0 Å². The predicted octanol–water partition coefficient (Wildman–Crippen LogP) is 1.47. The van der Waals surface area contributed by atoms with Crippen LogP contribution in [0.3, 0.4) is 0 Å². The molecule has 0 heterocycles. The fourth-order valence-electron chi connectivity index (χ4n) is 0.549. The van der Waals surface area contributed by atoms with Gasteiger partial charge in [-0.1, -0.05) is 6.07 Å². The van der Waals surface area contributed by atoms with Gasteiger partial charge in [-0.25, -0.2) is 0 Å². The molecule has 0 amide bonds. The van der Waals surface area contributed by atoms with Crippen molar-refractivity contribution >= 4 is 18.3 Å². The molecule has 0 saturated carbocycles. The summed E-state index contributed by atoms with van der Waals surface area (Å²) in [5.41, 5.74) is 6.99. The van der Waals surface area contributed by atoms with Crippen LogP contribution in [-0.2, 0) is 0 Å². The summed E-state index contributed by atoms with van der Waals surface area (Å²) in [6.07, 6.45) is 0. The van der Waals surface area contributed by atoms with E-state index in [0.29, 0.717) is 5.69 Å². The SMILES string of the molecule is Cc1c#cc(N)c(S)c1. The van der Waals surface area contributed by atoms with Crippen molar-refractivity contribution in [2.24, 2.45) is 0 Å². The molecule has 1 nitrogen and oxygen atoms in total. The number of nitrogens with two attached hydrogens (primary N) is 1. The number of anilines is 1. The van der Waals surface area contributed by atoms with Crippen LogP contribution in [0.25, 0.3) is 0 Å². The Balaban J connectivity index is 3.17. The molecule has 0 saturated heterocycles. The fraction of sp³-hybridized carbons (Fsp3) is 0.143. The van der Waals surface area contributed by atoms with Crippen molar-refractivity contribution in [3.05, 3.63) is 23.8 Å². The van der Waals surface area contributed by atoms with Crippen LogP contribution in [0.1, 0.15) is 5.56 Å². The van der Waals surface area contributed by atoms with Crippen molar-refractivity contribution in [2.45, 2.75) is 11.8 Å². The third kappa shape index (κ3) is 1.30. The molecule has 0 unspecified atom stereocenters. The van der Waals surface area contributed by atoms with E-state index < -0.39 is 0 Å². The smallest absolute Gasteiger partial charge is 0.0966 e. The van der Waals surface area contributed by atoms with Crippen LogP contribution < -0.4 is 5.73 Å².